The van der Waals surface area contributed by atoms with Crippen LogP contribution in [-0.4, -0.2) is 12.6 Å². The Labute approximate surface area is 88.7 Å². The largest absolute Gasteiger partial charge is 0.313 e. The lowest BCUT2D eigenvalue weighted by molar-refractivity contribution is 0.291. The summed E-state index contributed by atoms with van der Waals surface area (Å²) in [5.74, 6) is 0.874. The summed E-state index contributed by atoms with van der Waals surface area (Å²) in [7, 11) is 0. The van der Waals surface area contributed by atoms with Crippen molar-refractivity contribution in [3.8, 4) is 0 Å². The molecule has 2 aliphatic carbocycles. The van der Waals surface area contributed by atoms with Crippen LogP contribution in [0.15, 0.2) is 0 Å². The molecule has 0 radical (unpaired) electrons. The molecule has 0 aromatic carbocycles. The van der Waals surface area contributed by atoms with Crippen LogP contribution in [-0.2, 0) is 0 Å². The Bertz CT molecular complexity index is 176. The van der Waals surface area contributed by atoms with Gasteiger partial charge in [-0.15, -0.1) is 0 Å². The minimum atomic E-state index is 0.692. The third-order valence-corrected chi connectivity index (χ3v) is 4.46. The van der Waals surface area contributed by atoms with Crippen molar-refractivity contribution in [1.82, 2.24) is 5.32 Å². The summed E-state index contributed by atoms with van der Waals surface area (Å²) in [4.78, 5) is 0. The van der Waals surface area contributed by atoms with E-state index in [0.717, 1.165) is 12.0 Å². The van der Waals surface area contributed by atoms with Gasteiger partial charge in [-0.25, -0.2) is 0 Å². The van der Waals surface area contributed by atoms with Gasteiger partial charge in [0.1, 0.15) is 0 Å². The molecule has 2 aliphatic rings. The maximum atomic E-state index is 3.81. The van der Waals surface area contributed by atoms with Gasteiger partial charge in [0.25, 0.3) is 0 Å². The molecule has 0 aromatic rings. The van der Waals surface area contributed by atoms with Crippen molar-refractivity contribution >= 4 is 0 Å². The Hall–Kier alpha value is -0.0400. The zero-order chi connectivity index (χ0) is 10.0. The highest BCUT2D eigenvalue weighted by Crippen LogP contribution is 2.51. The van der Waals surface area contributed by atoms with Gasteiger partial charge in [0.05, 0.1) is 0 Å². The first-order chi connectivity index (χ1) is 6.73. The summed E-state index contributed by atoms with van der Waals surface area (Å²) in [6, 6.07) is 0.847. The lowest BCUT2D eigenvalue weighted by Crippen LogP contribution is -2.37. The van der Waals surface area contributed by atoms with E-state index in [1.807, 2.05) is 0 Å². The first-order valence-corrected chi connectivity index (χ1v) is 6.46. The SMILES string of the molecule is CC(C)C1(CNC2CCCCC2)CC1. The number of nitrogens with one attached hydrogen (secondary N) is 1. The number of hydrogen-bond acceptors (Lipinski definition) is 1. The van der Waals surface area contributed by atoms with Crippen LogP contribution < -0.4 is 5.32 Å². The van der Waals surface area contributed by atoms with E-state index in [9.17, 15) is 0 Å². The molecule has 0 atom stereocenters. The van der Waals surface area contributed by atoms with Crippen molar-refractivity contribution in [2.45, 2.75) is 64.8 Å². The van der Waals surface area contributed by atoms with Crippen molar-refractivity contribution in [1.29, 1.82) is 0 Å². The van der Waals surface area contributed by atoms with E-state index in [2.05, 4.69) is 19.2 Å². The second-order valence-electron chi connectivity index (χ2n) is 5.73. The molecule has 0 aliphatic heterocycles. The minimum Gasteiger partial charge on any atom is -0.313 e. The monoisotopic (exact) mass is 195 g/mol. The molecule has 0 amide bonds. The van der Waals surface area contributed by atoms with Gasteiger partial charge in [-0.1, -0.05) is 33.1 Å². The van der Waals surface area contributed by atoms with Crippen LogP contribution in [0, 0.1) is 11.3 Å². The Morgan fingerprint density at radius 3 is 2.29 bits per heavy atom. The molecule has 1 N–H and O–H groups in total. The average Bonchev–Trinajstić information content (AvgIpc) is 2.97. The summed E-state index contributed by atoms with van der Waals surface area (Å²) in [6.45, 7) is 6.06. The summed E-state index contributed by atoms with van der Waals surface area (Å²) < 4.78 is 0. The molecule has 2 rings (SSSR count). The van der Waals surface area contributed by atoms with Gasteiger partial charge >= 0.3 is 0 Å². The standard InChI is InChI=1S/C13H25N/c1-11(2)13(8-9-13)10-14-12-6-4-3-5-7-12/h11-12,14H,3-10H2,1-2H3. The Balaban J connectivity index is 1.71. The van der Waals surface area contributed by atoms with Gasteiger partial charge < -0.3 is 5.32 Å². The summed E-state index contributed by atoms with van der Waals surface area (Å²) >= 11 is 0. The molecular formula is C13H25N. The third kappa shape index (κ3) is 2.31. The van der Waals surface area contributed by atoms with Crippen LogP contribution in [0.5, 0.6) is 0 Å². The molecular weight excluding hydrogens is 170 g/mol. The summed E-state index contributed by atoms with van der Waals surface area (Å²) in [5.41, 5.74) is 0.692. The van der Waals surface area contributed by atoms with Gasteiger partial charge in [0.15, 0.2) is 0 Å². The lowest BCUT2D eigenvalue weighted by Gasteiger charge is -2.27. The zero-order valence-electron chi connectivity index (χ0n) is 9.81. The van der Waals surface area contributed by atoms with E-state index in [0.29, 0.717) is 5.41 Å². The fourth-order valence-electron chi connectivity index (χ4n) is 2.77. The van der Waals surface area contributed by atoms with Crippen LogP contribution in [0.25, 0.3) is 0 Å². The molecule has 1 nitrogen and oxygen atoms in total. The molecule has 0 unspecified atom stereocenters. The van der Waals surface area contributed by atoms with Crippen LogP contribution in [0.3, 0.4) is 0 Å². The smallest absolute Gasteiger partial charge is 0.00672 e. The number of hydrogen-bond donors (Lipinski definition) is 1. The zero-order valence-corrected chi connectivity index (χ0v) is 9.81. The van der Waals surface area contributed by atoms with Gasteiger partial charge in [0.2, 0.25) is 0 Å². The normalized spacial score (nSPS) is 26.8. The minimum absolute atomic E-state index is 0.692. The quantitative estimate of drug-likeness (QED) is 0.725. The van der Waals surface area contributed by atoms with Crippen LogP contribution >= 0.6 is 0 Å². The molecule has 0 bridgehead atoms. The second-order valence-corrected chi connectivity index (χ2v) is 5.73. The Morgan fingerprint density at radius 2 is 1.79 bits per heavy atom. The van der Waals surface area contributed by atoms with Gasteiger partial charge in [-0.2, -0.15) is 0 Å². The predicted octanol–water partition coefficient (Wildman–Crippen LogP) is 3.34. The molecule has 0 saturated heterocycles. The van der Waals surface area contributed by atoms with E-state index < -0.39 is 0 Å². The Morgan fingerprint density at radius 1 is 1.14 bits per heavy atom. The highest BCUT2D eigenvalue weighted by atomic mass is 14.9. The first-order valence-electron chi connectivity index (χ1n) is 6.46. The Kier molecular flexibility index (Phi) is 3.16. The van der Waals surface area contributed by atoms with Crippen LogP contribution in [0.1, 0.15) is 58.8 Å². The average molecular weight is 195 g/mol. The highest BCUT2D eigenvalue weighted by Gasteiger charge is 2.44. The van der Waals surface area contributed by atoms with Crippen molar-refractivity contribution < 1.29 is 0 Å². The van der Waals surface area contributed by atoms with Gasteiger partial charge in [0, 0.05) is 12.6 Å². The van der Waals surface area contributed by atoms with E-state index in [1.165, 1.54) is 51.5 Å². The van der Waals surface area contributed by atoms with Crippen molar-refractivity contribution in [2.24, 2.45) is 11.3 Å². The molecule has 2 fully saturated rings. The maximum absolute atomic E-state index is 3.81. The topological polar surface area (TPSA) is 12.0 Å². The molecule has 2 saturated carbocycles. The van der Waals surface area contributed by atoms with Crippen LogP contribution in [0.2, 0.25) is 0 Å². The van der Waals surface area contributed by atoms with E-state index in [1.54, 1.807) is 0 Å². The van der Waals surface area contributed by atoms with Crippen molar-refractivity contribution in [3.63, 3.8) is 0 Å². The lowest BCUT2D eigenvalue weighted by atomic mass is 9.90. The molecule has 1 heteroatoms. The maximum Gasteiger partial charge on any atom is 0.00672 e. The fraction of sp³-hybridized carbons (Fsp3) is 1.00. The van der Waals surface area contributed by atoms with Gasteiger partial charge in [-0.05, 0) is 37.0 Å². The molecule has 14 heavy (non-hydrogen) atoms. The fourth-order valence-corrected chi connectivity index (χ4v) is 2.77. The molecule has 0 aromatic heterocycles. The van der Waals surface area contributed by atoms with E-state index in [4.69, 9.17) is 0 Å². The van der Waals surface area contributed by atoms with Gasteiger partial charge in [-0.3, -0.25) is 0 Å². The first kappa shape index (κ1) is 10.5. The van der Waals surface area contributed by atoms with E-state index >= 15 is 0 Å². The summed E-state index contributed by atoms with van der Waals surface area (Å²) in [6.07, 6.45) is 10.1. The molecule has 0 heterocycles. The molecule has 82 valence electrons. The second kappa shape index (κ2) is 4.22. The number of rotatable bonds is 4. The van der Waals surface area contributed by atoms with Crippen molar-refractivity contribution in [3.05, 3.63) is 0 Å². The van der Waals surface area contributed by atoms with Crippen molar-refractivity contribution in [2.75, 3.05) is 6.54 Å². The van der Waals surface area contributed by atoms with E-state index in [-0.39, 0.29) is 0 Å². The predicted molar refractivity (Wildman–Crippen MR) is 61.4 cm³/mol. The molecule has 0 spiro atoms. The highest BCUT2D eigenvalue weighted by molar-refractivity contribution is 4.97. The third-order valence-electron chi connectivity index (χ3n) is 4.46. The van der Waals surface area contributed by atoms with Crippen LogP contribution in [0.4, 0.5) is 0 Å². The summed E-state index contributed by atoms with van der Waals surface area (Å²) in [5, 5.41) is 3.81.